The lowest BCUT2D eigenvalue weighted by molar-refractivity contribution is 0.356. The summed E-state index contributed by atoms with van der Waals surface area (Å²) in [5.74, 6) is 0.736. The Morgan fingerprint density at radius 3 is 1.95 bits per heavy atom. The highest BCUT2D eigenvalue weighted by Gasteiger charge is 1.97. The molecule has 0 fully saturated rings. The van der Waals surface area contributed by atoms with Gasteiger partial charge in [-0.1, -0.05) is 39.3 Å². The Balaban J connectivity index is 0. The second kappa shape index (κ2) is 14.9. The van der Waals surface area contributed by atoms with Crippen LogP contribution in [0.1, 0.15) is 39.2 Å². The zero-order valence-electron chi connectivity index (χ0n) is 14.0. The minimum atomic E-state index is -0.160. The largest absolute Gasteiger partial charge is 0.309 e. The zero-order valence-corrected chi connectivity index (χ0v) is 14.9. The molecule has 0 heterocycles. The van der Waals surface area contributed by atoms with Crippen LogP contribution in [0.3, 0.4) is 0 Å². The summed E-state index contributed by atoms with van der Waals surface area (Å²) in [6, 6.07) is 6.57. The average Bonchev–Trinajstić information content (AvgIpc) is 2.48. The number of thiol groups is 1. The van der Waals surface area contributed by atoms with Gasteiger partial charge in [-0.3, -0.25) is 0 Å². The quantitative estimate of drug-likeness (QED) is 0.756. The fourth-order valence-electron chi connectivity index (χ4n) is 1.40. The normalized spacial score (nSPS) is 11.1. The van der Waals surface area contributed by atoms with Gasteiger partial charge in [0.2, 0.25) is 0 Å². The highest BCUT2D eigenvalue weighted by molar-refractivity contribution is 7.79. The predicted molar refractivity (Wildman–Crippen MR) is 93.3 cm³/mol. The van der Waals surface area contributed by atoms with Crippen molar-refractivity contribution in [3.8, 4) is 0 Å². The van der Waals surface area contributed by atoms with Crippen molar-refractivity contribution >= 4 is 12.6 Å². The Kier molecular flexibility index (Phi) is 16.2. The van der Waals surface area contributed by atoms with E-state index in [9.17, 15) is 4.39 Å². The zero-order chi connectivity index (χ0) is 16.0. The standard InChI is InChI=1S/C8H9F.C8H19N.CH4S/c1-2-7-3-5-8(9)6-4-7;1-5-8(2)6-7-9(3)4;1-2/h3-6H,2H2,1H3;8H,5-7H2,1-4H3;2H,1H3. The second-order valence-electron chi connectivity index (χ2n) is 5.09. The summed E-state index contributed by atoms with van der Waals surface area (Å²) in [6.07, 6.45) is 5.32. The van der Waals surface area contributed by atoms with Gasteiger partial charge in [0, 0.05) is 0 Å². The molecule has 1 atom stereocenters. The molecule has 0 N–H and O–H groups in total. The summed E-state index contributed by atoms with van der Waals surface area (Å²) in [5, 5.41) is 0. The van der Waals surface area contributed by atoms with Crippen molar-refractivity contribution in [1.82, 2.24) is 4.90 Å². The molecule has 1 rings (SSSR count). The van der Waals surface area contributed by atoms with Crippen molar-refractivity contribution in [2.24, 2.45) is 5.92 Å². The Labute approximate surface area is 131 Å². The molecule has 1 aromatic rings. The van der Waals surface area contributed by atoms with Crippen LogP contribution in [-0.4, -0.2) is 31.8 Å². The molecule has 0 bridgehead atoms. The van der Waals surface area contributed by atoms with Crippen LogP contribution in [0.2, 0.25) is 0 Å². The van der Waals surface area contributed by atoms with Crippen LogP contribution in [0.25, 0.3) is 0 Å². The van der Waals surface area contributed by atoms with E-state index in [1.165, 1.54) is 37.1 Å². The minimum absolute atomic E-state index is 0.160. The van der Waals surface area contributed by atoms with Crippen LogP contribution in [0.15, 0.2) is 24.3 Å². The van der Waals surface area contributed by atoms with E-state index >= 15 is 0 Å². The summed E-state index contributed by atoms with van der Waals surface area (Å²) >= 11 is 3.53. The second-order valence-corrected chi connectivity index (χ2v) is 5.09. The lowest BCUT2D eigenvalue weighted by Crippen LogP contribution is -2.15. The van der Waals surface area contributed by atoms with Crippen molar-refractivity contribution in [1.29, 1.82) is 0 Å². The van der Waals surface area contributed by atoms with Gasteiger partial charge in [-0.05, 0) is 63.4 Å². The fraction of sp³-hybridized carbons (Fsp3) is 0.647. The third-order valence-corrected chi connectivity index (χ3v) is 3.09. The molecule has 0 saturated heterocycles. The number of rotatable bonds is 5. The minimum Gasteiger partial charge on any atom is -0.309 e. The third kappa shape index (κ3) is 13.9. The van der Waals surface area contributed by atoms with Crippen molar-refractivity contribution in [3.63, 3.8) is 0 Å². The van der Waals surface area contributed by atoms with Gasteiger partial charge in [-0.15, -0.1) is 0 Å². The van der Waals surface area contributed by atoms with E-state index in [1.807, 2.05) is 6.92 Å². The molecule has 1 aromatic carbocycles. The van der Waals surface area contributed by atoms with Crippen molar-refractivity contribution in [3.05, 3.63) is 35.6 Å². The number of hydrogen-bond acceptors (Lipinski definition) is 2. The van der Waals surface area contributed by atoms with Gasteiger partial charge in [-0.25, -0.2) is 4.39 Å². The molecule has 20 heavy (non-hydrogen) atoms. The van der Waals surface area contributed by atoms with E-state index in [-0.39, 0.29) is 5.82 Å². The molecular formula is C17H32FNS. The number of halogens is 1. The molecule has 0 spiro atoms. The predicted octanol–water partition coefficient (Wildman–Crippen LogP) is 4.92. The Morgan fingerprint density at radius 2 is 1.60 bits per heavy atom. The molecule has 0 saturated carbocycles. The van der Waals surface area contributed by atoms with Crippen molar-refractivity contribution in [2.45, 2.75) is 40.0 Å². The van der Waals surface area contributed by atoms with Gasteiger partial charge < -0.3 is 4.90 Å². The lowest BCUT2D eigenvalue weighted by atomic mass is 10.1. The maximum absolute atomic E-state index is 12.2. The molecule has 0 radical (unpaired) electrons. The molecule has 1 unspecified atom stereocenters. The van der Waals surface area contributed by atoms with Crippen LogP contribution in [0.5, 0.6) is 0 Å². The number of hydrogen-bond donors (Lipinski definition) is 1. The first-order valence-electron chi connectivity index (χ1n) is 7.33. The smallest absolute Gasteiger partial charge is 0.123 e. The highest BCUT2D eigenvalue weighted by Crippen LogP contribution is 2.05. The summed E-state index contributed by atoms with van der Waals surface area (Å²) < 4.78 is 12.2. The van der Waals surface area contributed by atoms with Gasteiger partial charge in [-0.2, -0.15) is 12.6 Å². The van der Waals surface area contributed by atoms with Gasteiger partial charge >= 0.3 is 0 Å². The SMILES string of the molecule is CCC(C)CCN(C)C.CCc1ccc(F)cc1.CS. The van der Waals surface area contributed by atoms with Gasteiger partial charge in [0.15, 0.2) is 0 Å². The Morgan fingerprint density at radius 1 is 1.10 bits per heavy atom. The molecule has 0 aromatic heterocycles. The van der Waals surface area contributed by atoms with Crippen molar-refractivity contribution in [2.75, 3.05) is 26.9 Å². The third-order valence-electron chi connectivity index (χ3n) is 3.09. The fourth-order valence-corrected chi connectivity index (χ4v) is 1.40. The molecule has 1 nitrogen and oxygen atoms in total. The van der Waals surface area contributed by atoms with Crippen molar-refractivity contribution < 1.29 is 4.39 Å². The summed E-state index contributed by atoms with van der Waals surface area (Å²) in [4.78, 5) is 2.24. The Bertz CT molecular complexity index is 298. The van der Waals surface area contributed by atoms with Gasteiger partial charge in [0.05, 0.1) is 0 Å². The topological polar surface area (TPSA) is 3.24 Å². The van der Waals surface area contributed by atoms with Crippen LogP contribution in [0.4, 0.5) is 4.39 Å². The van der Waals surface area contributed by atoms with E-state index in [0.717, 1.165) is 12.3 Å². The first-order valence-corrected chi connectivity index (χ1v) is 8.22. The maximum atomic E-state index is 12.2. The molecule has 0 amide bonds. The number of aryl methyl sites for hydroxylation is 1. The molecular weight excluding hydrogens is 269 g/mol. The summed E-state index contributed by atoms with van der Waals surface area (Å²) in [6.45, 7) is 7.84. The van der Waals surface area contributed by atoms with E-state index in [0.29, 0.717) is 0 Å². The van der Waals surface area contributed by atoms with E-state index in [2.05, 4.69) is 45.5 Å². The molecule has 0 aliphatic heterocycles. The molecule has 3 heteroatoms. The highest BCUT2D eigenvalue weighted by atomic mass is 32.1. The summed E-state index contributed by atoms with van der Waals surface area (Å²) in [7, 11) is 4.25. The lowest BCUT2D eigenvalue weighted by Gasteiger charge is -2.12. The van der Waals surface area contributed by atoms with E-state index in [1.54, 1.807) is 18.4 Å². The van der Waals surface area contributed by atoms with Gasteiger partial charge in [0.25, 0.3) is 0 Å². The Hall–Kier alpha value is -0.540. The van der Waals surface area contributed by atoms with Gasteiger partial charge in [0.1, 0.15) is 5.82 Å². The maximum Gasteiger partial charge on any atom is 0.123 e. The van der Waals surface area contributed by atoms with Crippen LogP contribution in [-0.2, 0) is 6.42 Å². The summed E-state index contributed by atoms with van der Waals surface area (Å²) in [5.41, 5.74) is 1.18. The number of benzene rings is 1. The van der Waals surface area contributed by atoms with Crippen LogP contribution in [0, 0.1) is 11.7 Å². The average molecular weight is 302 g/mol. The first-order chi connectivity index (χ1) is 9.49. The van der Waals surface area contributed by atoms with Crippen LogP contribution >= 0.6 is 12.6 Å². The number of nitrogens with zero attached hydrogens (tertiary/aromatic N) is 1. The van der Waals surface area contributed by atoms with E-state index < -0.39 is 0 Å². The molecule has 0 aliphatic rings. The first kappa shape index (κ1) is 21.8. The monoisotopic (exact) mass is 301 g/mol. The van der Waals surface area contributed by atoms with Crippen LogP contribution < -0.4 is 0 Å². The van der Waals surface area contributed by atoms with E-state index in [4.69, 9.17) is 0 Å². The molecule has 118 valence electrons. The molecule has 0 aliphatic carbocycles.